The molecule has 8 heteroatoms. The summed E-state index contributed by atoms with van der Waals surface area (Å²) in [6.07, 6.45) is 6.11. The average molecular weight is 411 g/mol. The number of carbonyl (C=O) groups is 1. The highest BCUT2D eigenvalue weighted by atomic mass is 32.2. The van der Waals surface area contributed by atoms with Gasteiger partial charge in [-0.2, -0.15) is 5.10 Å². The molecule has 7 nitrogen and oxygen atoms in total. The fourth-order valence-electron chi connectivity index (χ4n) is 3.22. The molecule has 29 heavy (non-hydrogen) atoms. The van der Waals surface area contributed by atoms with Crippen molar-refractivity contribution in [3.63, 3.8) is 0 Å². The van der Waals surface area contributed by atoms with Gasteiger partial charge >= 0.3 is 0 Å². The minimum absolute atomic E-state index is 0.0684. The Morgan fingerprint density at radius 2 is 2.00 bits per heavy atom. The molecule has 0 unspecified atom stereocenters. The van der Waals surface area contributed by atoms with Crippen molar-refractivity contribution >= 4 is 17.7 Å². The van der Waals surface area contributed by atoms with E-state index < -0.39 is 0 Å². The molecular weight excluding hydrogens is 384 g/mol. The number of hydrogen-bond donors (Lipinski definition) is 0. The third-order valence-electron chi connectivity index (χ3n) is 4.95. The Balaban J connectivity index is 1.35. The average Bonchev–Trinajstić information content (AvgIpc) is 3.29. The van der Waals surface area contributed by atoms with E-state index in [4.69, 9.17) is 0 Å². The molecular formula is C21H26N6OS. The zero-order valence-electron chi connectivity index (χ0n) is 17.0. The summed E-state index contributed by atoms with van der Waals surface area (Å²) in [4.78, 5) is 14.4. The lowest BCUT2D eigenvalue weighted by Crippen LogP contribution is -2.27. The minimum atomic E-state index is 0.0684. The van der Waals surface area contributed by atoms with Crippen molar-refractivity contribution in [2.45, 2.75) is 50.4 Å². The number of aromatic nitrogens is 5. The smallest absolute Gasteiger partial charge is 0.233 e. The van der Waals surface area contributed by atoms with Crippen molar-refractivity contribution in [2.24, 2.45) is 0 Å². The quantitative estimate of drug-likeness (QED) is 0.530. The first-order valence-electron chi connectivity index (χ1n) is 9.93. The molecule has 1 saturated carbocycles. The van der Waals surface area contributed by atoms with Crippen LogP contribution >= 0.6 is 11.8 Å². The van der Waals surface area contributed by atoms with Crippen LogP contribution in [0, 0.1) is 0 Å². The van der Waals surface area contributed by atoms with Crippen LogP contribution in [0.4, 0.5) is 0 Å². The third-order valence-corrected chi connectivity index (χ3v) is 5.87. The lowest BCUT2D eigenvalue weighted by Gasteiger charge is -2.16. The molecule has 0 radical (unpaired) electrons. The number of rotatable bonds is 8. The van der Waals surface area contributed by atoms with Crippen LogP contribution in [-0.2, 0) is 11.3 Å². The second-order valence-electron chi connectivity index (χ2n) is 7.76. The molecule has 1 fully saturated rings. The van der Waals surface area contributed by atoms with Crippen molar-refractivity contribution in [2.75, 3.05) is 12.8 Å². The van der Waals surface area contributed by atoms with Crippen LogP contribution in [0.1, 0.15) is 50.0 Å². The third kappa shape index (κ3) is 4.53. The van der Waals surface area contributed by atoms with Crippen LogP contribution in [0.25, 0.3) is 5.69 Å². The second kappa shape index (κ2) is 8.41. The lowest BCUT2D eigenvalue weighted by molar-refractivity contribution is -0.127. The van der Waals surface area contributed by atoms with Crippen molar-refractivity contribution in [1.29, 1.82) is 0 Å². The number of para-hydroxylation sites is 1. The first-order chi connectivity index (χ1) is 14.0. The lowest BCUT2D eigenvalue weighted by atomic mass is 10.2. The van der Waals surface area contributed by atoms with Gasteiger partial charge in [-0.3, -0.25) is 4.79 Å². The molecule has 3 aromatic rings. The maximum atomic E-state index is 12.7. The Morgan fingerprint density at radius 1 is 1.24 bits per heavy atom. The van der Waals surface area contributed by atoms with Gasteiger partial charge in [0, 0.05) is 37.3 Å². The van der Waals surface area contributed by atoms with E-state index in [2.05, 4.69) is 33.7 Å². The highest BCUT2D eigenvalue weighted by molar-refractivity contribution is 7.99. The summed E-state index contributed by atoms with van der Waals surface area (Å²) in [5.41, 5.74) is 2.00. The zero-order valence-corrected chi connectivity index (χ0v) is 17.8. The molecule has 1 amide bonds. The Kier molecular flexibility index (Phi) is 5.71. The molecule has 1 aliphatic rings. The molecule has 1 aromatic carbocycles. The van der Waals surface area contributed by atoms with E-state index >= 15 is 0 Å². The highest BCUT2D eigenvalue weighted by Gasteiger charge is 2.30. The van der Waals surface area contributed by atoms with Gasteiger partial charge in [-0.1, -0.05) is 43.8 Å². The van der Waals surface area contributed by atoms with E-state index in [0.717, 1.165) is 22.2 Å². The van der Waals surface area contributed by atoms with Crippen molar-refractivity contribution in [3.05, 3.63) is 54.1 Å². The number of benzene rings is 1. The van der Waals surface area contributed by atoms with Gasteiger partial charge < -0.3 is 9.47 Å². The van der Waals surface area contributed by atoms with Crippen LogP contribution < -0.4 is 0 Å². The number of carbonyl (C=O) groups excluding carboxylic acids is 1. The van der Waals surface area contributed by atoms with Gasteiger partial charge in [-0.25, -0.2) is 4.68 Å². The van der Waals surface area contributed by atoms with E-state index in [-0.39, 0.29) is 5.91 Å². The SMILES string of the molecule is CC(C)c1nnc(SCC(=O)N(C)Cc2cnn(-c3ccccc3)c2)n1C1CC1. The fraction of sp³-hybridized carbons (Fsp3) is 0.429. The molecule has 0 spiro atoms. The van der Waals surface area contributed by atoms with Crippen LogP contribution in [0.15, 0.2) is 47.9 Å². The standard InChI is InChI=1S/C21H26N6OS/c1-15(2)20-23-24-21(27(20)18-9-10-18)29-14-19(28)25(3)12-16-11-22-26(13-16)17-7-5-4-6-8-17/h4-8,11,13,15,18H,9-10,12,14H2,1-3H3. The summed E-state index contributed by atoms with van der Waals surface area (Å²) >= 11 is 1.48. The number of hydrogen-bond acceptors (Lipinski definition) is 5. The van der Waals surface area contributed by atoms with Crippen LogP contribution in [0.5, 0.6) is 0 Å². The van der Waals surface area contributed by atoms with E-state index in [0.29, 0.717) is 24.3 Å². The number of thioether (sulfide) groups is 1. The summed E-state index contributed by atoms with van der Waals surface area (Å²) in [5, 5.41) is 14.0. The zero-order chi connectivity index (χ0) is 20.4. The van der Waals surface area contributed by atoms with E-state index in [9.17, 15) is 4.79 Å². The number of nitrogens with zero attached hydrogens (tertiary/aromatic N) is 6. The fourth-order valence-corrected chi connectivity index (χ4v) is 4.17. The molecule has 0 N–H and O–H groups in total. The topological polar surface area (TPSA) is 68.8 Å². The molecule has 2 heterocycles. The molecule has 0 bridgehead atoms. The Hall–Kier alpha value is -2.61. The van der Waals surface area contributed by atoms with Gasteiger partial charge in [0.2, 0.25) is 5.91 Å². The van der Waals surface area contributed by atoms with Crippen molar-refractivity contribution in [1.82, 2.24) is 29.4 Å². The van der Waals surface area contributed by atoms with Gasteiger partial charge in [0.15, 0.2) is 5.16 Å². The largest absolute Gasteiger partial charge is 0.341 e. The first-order valence-corrected chi connectivity index (χ1v) is 10.9. The van der Waals surface area contributed by atoms with Gasteiger partial charge in [0.05, 0.1) is 17.6 Å². The van der Waals surface area contributed by atoms with E-state index in [1.807, 2.05) is 54.5 Å². The molecule has 0 saturated heterocycles. The van der Waals surface area contributed by atoms with Gasteiger partial charge in [0.25, 0.3) is 0 Å². The van der Waals surface area contributed by atoms with E-state index in [1.54, 1.807) is 4.90 Å². The highest BCUT2D eigenvalue weighted by Crippen LogP contribution is 2.40. The molecule has 0 atom stereocenters. The predicted molar refractivity (Wildman–Crippen MR) is 113 cm³/mol. The molecule has 4 rings (SSSR count). The summed E-state index contributed by atoms with van der Waals surface area (Å²) in [5.74, 6) is 1.77. The summed E-state index contributed by atoms with van der Waals surface area (Å²) in [6, 6.07) is 10.4. The number of amides is 1. The molecule has 0 aliphatic heterocycles. The van der Waals surface area contributed by atoms with Crippen LogP contribution in [-0.4, -0.2) is 48.2 Å². The maximum absolute atomic E-state index is 12.7. The predicted octanol–water partition coefficient (Wildman–Crippen LogP) is 3.67. The summed E-state index contributed by atoms with van der Waals surface area (Å²) in [7, 11) is 1.83. The van der Waals surface area contributed by atoms with Gasteiger partial charge in [-0.05, 0) is 25.0 Å². The van der Waals surface area contributed by atoms with Crippen LogP contribution in [0.2, 0.25) is 0 Å². The molecule has 152 valence electrons. The minimum Gasteiger partial charge on any atom is -0.341 e. The normalized spacial score (nSPS) is 13.8. The van der Waals surface area contributed by atoms with Gasteiger partial charge in [-0.15, -0.1) is 10.2 Å². The monoisotopic (exact) mass is 410 g/mol. The Bertz CT molecular complexity index is 976. The van der Waals surface area contributed by atoms with Crippen molar-refractivity contribution < 1.29 is 4.79 Å². The Morgan fingerprint density at radius 3 is 2.69 bits per heavy atom. The van der Waals surface area contributed by atoms with Gasteiger partial charge in [0.1, 0.15) is 5.82 Å². The van der Waals surface area contributed by atoms with Crippen LogP contribution in [0.3, 0.4) is 0 Å². The Labute approximate surface area is 175 Å². The first kappa shape index (κ1) is 19.7. The molecule has 2 aromatic heterocycles. The summed E-state index contributed by atoms with van der Waals surface area (Å²) < 4.78 is 4.06. The summed E-state index contributed by atoms with van der Waals surface area (Å²) in [6.45, 7) is 4.79. The molecule has 1 aliphatic carbocycles. The maximum Gasteiger partial charge on any atom is 0.233 e. The second-order valence-corrected chi connectivity index (χ2v) is 8.71. The van der Waals surface area contributed by atoms with E-state index in [1.165, 1.54) is 24.6 Å². The van der Waals surface area contributed by atoms with Crippen molar-refractivity contribution in [3.8, 4) is 5.69 Å².